The van der Waals surface area contributed by atoms with Crippen molar-refractivity contribution in [2.75, 3.05) is 5.73 Å². The number of nitrogens with zero attached hydrogens (tertiary/aromatic N) is 2. The zero-order chi connectivity index (χ0) is 14.9. The van der Waals surface area contributed by atoms with Gasteiger partial charge in [0.2, 0.25) is 10.0 Å². The van der Waals surface area contributed by atoms with Gasteiger partial charge in [0.1, 0.15) is 5.82 Å². The maximum atomic E-state index is 12.3. The van der Waals surface area contributed by atoms with Crippen molar-refractivity contribution in [1.29, 1.82) is 0 Å². The maximum absolute atomic E-state index is 12.3. The number of aromatic nitrogens is 2. The number of pyridine rings is 1. The molecule has 6 nitrogen and oxygen atoms in total. The van der Waals surface area contributed by atoms with Gasteiger partial charge in [0.25, 0.3) is 0 Å². The van der Waals surface area contributed by atoms with Crippen molar-refractivity contribution in [2.24, 2.45) is 0 Å². The first-order valence-corrected chi connectivity index (χ1v) is 8.44. The van der Waals surface area contributed by atoms with Crippen LogP contribution in [0, 0.1) is 0 Å². The van der Waals surface area contributed by atoms with Crippen LogP contribution in [0.4, 0.5) is 5.82 Å². The lowest BCUT2D eigenvalue weighted by Gasteiger charge is -2.07. The van der Waals surface area contributed by atoms with E-state index in [-0.39, 0.29) is 11.4 Å². The number of hydrogen-bond acceptors (Lipinski definition) is 6. The Labute approximate surface area is 125 Å². The third-order valence-electron chi connectivity index (χ3n) is 2.91. The number of nitrogens with two attached hydrogens (primary N) is 1. The molecule has 0 spiro atoms. The molecule has 2 aromatic heterocycles. The highest BCUT2D eigenvalue weighted by molar-refractivity contribution is 7.89. The first kappa shape index (κ1) is 13.9. The van der Waals surface area contributed by atoms with Gasteiger partial charge in [-0.3, -0.25) is 4.98 Å². The van der Waals surface area contributed by atoms with Crippen LogP contribution in [0.2, 0.25) is 0 Å². The number of rotatable bonds is 4. The number of nitrogen functional groups attached to an aromatic ring is 1. The molecule has 2 heterocycles. The summed E-state index contributed by atoms with van der Waals surface area (Å²) in [6.07, 6.45) is 1.64. The fraction of sp³-hybridized carbons (Fsp3) is 0.0769. The van der Waals surface area contributed by atoms with Gasteiger partial charge in [-0.1, -0.05) is 0 Å². The summed E-state index contributed by atoms with van der Waals surface area (Å²) in [5.74, 6) is 0.404. The lowest BCUT2D eigenvalue weighted by molar-refractivity contribution is 0.582. The Morgan fingerprint density at radius 3 is 2.86 bits per heavy atom. The summed E-state index contributed by atoms with van der Waals surface area (Å²) >= 11 is 1.40. The molecule has 0 bridgehead atoms. The first-order chi connectivity index (χ1) is 10.0. The second-order valence-corrected chi connectivity index (χ2v) is 7.12. The smallest absolute Gasteiger partial charge is 0.240 e. The first-order valence-electron chi connectivity index (χ1n) is 6.08. The van der Waals surface area contributed by atoms with Gasteiger partial charge in [-0.25, -0.2) is 18.1 Å². The van der Waals surface area contributed by atoms with Crippen molar-refractivity contribution in [1.82, 2.24) is 14.7 Å². The summed E-state index contributed by atoms with van der Waals surface area (Å²) in [6, 6.07) is 8.14. The molecule has 0 saturated carbocycles. The molecular weight excluding hydrogens is 308 g/mol. The average molecular weight is 320 g/mol. The van der Waals surface area contributed by atoms with Crippen molar-refractivity contribution in [3.63, 3.8) is 0 Å². The summed E-state index contributed by atoms with van der Waals surface area (Å²) in [5, 5.41) is 0.727. The highest BCUT2D eigenvalue weighted by atomic mass is 32.2. The van der Waals surface area contributed by atoms with Gasteiger partial charge in [0, 0.05) is 23.0 Å². The number of sulfonamides is 1. The van der Waals surface area contributed by atoms with E-state index in [0.717, 1.165) is 10.3 Å². The average Bonchev–Trinajstić information content (AvgIpc) is 2.98. The molecule has 8 heteroatoms. The fourth-order valence-electron chi connectivity index (χ4n) is 1.87. The molecule has 21 heavy (non-hydrogen) atoms. The molecule has 3 N–H and O–H groups in total. The van der Waals surface area contributed by atoms with Crippen LogP contribution in [0.15, 0.2) is 46.9 Å². The molecule has 3 aromatic rings. The normalized spacial score (nSPS) is 11.8. The summed E-state index contributed by atoms with van der Waals surface area (Å²) in [6.45, 7) is 0.227. The molecular formula is C13H12N4O2S2. The minimum Gasteiger partial charge on any atom is -0.384 e. The van der Waals surface area contributed by atoms with E-state index < -0.39 is 10.0 Å². The van der Waals surface area contributed by atoms with Gasteiger partial charge in [-0.15, -0.1) is 11.3 Å². The van der Waals surface area contributed by atoms with E-state index in [1.54, 1.807) is 36.0 Å². The van der Waals surface area contributed by atoms with Gasteiger partial charge in [0.15, 0.2) is 0 Å². The van der Waals surface area contributed by atoms with Crippen molar-refractivity contribution >= 4 is 38.1 Å². The molecule has 0 aliphatic carbocycles. The van der Waals surface area contributed by atoms with E-state index in [0.29, 0.717) is 11.3 Å². The lowest BCUT2D eigenvalue weighted by atomic mass is 10.2. The lowest BCUT2D eigenvalue weighted by Crippen LogP contribution is -2.22. The number of anilines is 1. The van der Waals surface area contributed by atoms with Gasteiger partial charge >= 0.3 is 0 Å². The summed E-state index contributed by atoms with van der Waals surface area (Å²) < 4.78 is 27.1. The molecule has 1 aromatic carbocycles. The van der Waals surface area contributed by atoms with Crippen molar-refractivity contribution in [3.8, 4) is 0 Å². The molecule has 0 aliphatic rings. The van der Waals surface area contributed by atoms with Crippen LogP contribution in [0.5, 0.6) is 0 Å². The van der Waals surface area contributed by atoms with Crippen LogP contribution in [0.1, 0.15) is 4.88 Å². The van der Waals surface area contributed by atoms with Gasteiger partial charge in [-0.05, 0) is 30.3 Å². The van der Waals surface area contributed by atoms with E-state index in [2.05, 4.69) is 14.7 Å². The van der Waals surface area contributed by atoms with E-state index in [9.17, 15) is 8.42 Å². The molecule has 0 aliphatic heterocycles. The monoisotopic (exact) mass is 320 g/mol. The summed E-state index contributed by atoms with van der Waals surface area (Å²) in [7, 11) is -3.57. The topological polar surface area (TPSA) is 98.0 Å². The molecule has 0 saturated heterocycles. The zero-order valence-electron chi connectivity index (χ0n) is 10.9. The van der Waals surface area contributed by atoms with Crippen molar-refractivity contribution in [2.45, 2.75) is 11.4 Å². The van der Waals surface area contributed by atoms with Crippen LogP contribution in [0.25, 0.3) is 10.9 Å². The zero-order valence-corrected chi connectivity index (χ0v) is 12.5. The Morgan fingerprint density at radius 2 is 2.10 bits per heavy atom. The Bertz CT molecular complexity index is 876. The van der Waals surface area contributed by atoms with Crippen LogP contribution >= 0.6 is 11.3 Å². The number of fused-ring (bicyclic) bond motifs is 1. The Kier molecular flexibility index (Phi) is 3.58. The maximum Gasteiger partial charge on any atom is 0.240 e. The predicted octanol–water partition coefficient (Wildman–Crippen LogP) is 1.75. The van der Waals surface area contributed by atoms with Crippen LogP contribution in [-0.4, -0.2) is 18.4 Å². The predicted molar refractivity (Wildman–Crippen MR) is 82.3 cm³/mol. The van der Waals surface area contributed by atoms with E-state index in [1.807, 2.05) is 0 Å². The Balaban J connectivity index is 1.89. The summed E-state index contributed by atoms with van der Waals surface area (Å²) in [5.41, 5.74) is 7.93. The van der Waals surface area contributed by atoms with E-state index >= 15 is 0 Å². The number of hydrogen-bond donors (Lipinski definition) is 2. The number of nitrogens with one attached hydrogen (secondary N) is 1. The summed E-state index contributed by atoms with van der Waals surface area (Å²) in [4.78, 5) is 9.11. The van der Waals surface area contributed by atoms with Crippen molar-refractivity contribution < 1.29 is 8.42 Å². The standard InChI is InChI=1S/C13H12N4O2S2/c14-13-4-1-9-5-11(2-3-12(9)17-13)21(18,19)16-7-10-6-15-8-20-10/h1-6,8,16H,7H2,(H2,14,17). The number of benzene rings is 1. The highest BCUT2D eigenvalue weighted by Gasteiger charge is 2.14. The quantitative estimate of drug-likeness (QED) is 0.763. The van der Waals surface area contributed by atoms with Crippen LogP contribution in [0.3, 0.4) is 0 Å². The minimum absolute atomic E-state index is 0.200. The second-order valence-electron chi connectivity index (χ2n) is 4.38. The van der Waals surface area contributed by atoms with Gasteiger partial charge in [0.05, 0.1) is 15.9 Å². The van der Waals surface area contributed by atoms with Crippen LogP contribution < -0.4 is 10.5 Å². The molecule has 0 radical (unpaired) electrons. The van der Waals surface area contributed by atoms with E-state index in [1.165, 1.54) is 17.4 Å². The van der Waals surface area contributed by atoms with Gasteiger partial charge < -0.3 is 5.73 Å². The largest absolute Gasteiger partial charge is 0.384 e. The highest BCUT2D eigenvalue weighted by Crippen LogP contribution is 2.19. The molecule has 0 unspecified atom stereocenters. The Hall–Kier alpha value is -2.03. The van der Waals surface area contributed by atoms with E-state index in [4.69, 9.17) is 5.73 Å². The number of thiazole rings is 1. The second kappa shape index (κ2) is 5.40. The molecule has 3 rings (SSSR count). The van der Waals surface area contributed by atoms with Gasteiger partial charge in [-0.2, -0.15) is 0 Å². The Morgan fingerprint density at radius 1 is 1.24 bits per heavy atom. The van der Waals surface area contributed by atoms with Crippen molar-refractivity contribution in [3.05, 3.63) is 46.9 Å². The SMILES string of the molecule is Nc1ccc2cc(S(=O)(=O)NCc3cncs3)ccc2n1. The molecule has 108 valence electrons. The minimum atomic E-state index is -3.57. The fourth-order valence-corrected chi connectivity index (χ4v) is 3.53. The molecule has 0 amide bonds. The molecule has 0 fully saturated rings. The third-order valence-corrected chi connectivity index (χ3v) is 5.09. The third kappa shape index (κ3) is 3.02. The van der Waals surface area contributed by atoms with Crippen LogP contribution in [-0.2, 0) is 16.6 Å². The molecule has 0 atom stereocenters.